The summed E-state index contributed by atoms with van der Waals surface area (Å²) in [5.74, 6) is 0. The summed E-state index contributed by atoms with van der Waals surface area (Å²) in [6.45, 7) is 0. The van der Waals surface area contributed by atoms with Gasteiger partial charge in [-0.3, -0.25) is 4.79 Å². The summed E-state index contributed by atoms with van der Waals surface area (Å²) in [6.07, 6.45) is -2.80. The SMILES string of the molecule is O=C(Cl)c1nc(Cl)c(C(F)F)cc1Cl. The van der Waals surface area contributed by atoms with Crippen molar-refractivity contribution in [3.8, 4) is 0 Å². The summed E-state index contributed by atoms with van der Waals surface area (Å²) < 4.78 is 24.5. The maximum atomic E-state index is 12.2. The van der Waals surface area contributed by atoms with Crippen LogP contribution in [0.3, 0.4) is 0 Å². The highest BCUT2D eigenvalue weighted by atomic mass is 35.5. The van der Waals surface area contributed by atoms with Crippen molar-refractivity contribution in [1.82, 2.24) is 4.98 Å². The van der Waals surface area contributed by atoms with E-state index in [0.717, 1.165) is 6.07 Å². The normalized spacial score (nSPS) is 10.7. The van der Waals surface area contributed by atoms with E-state index >= 15 is 0 Å². The van der Waals surface area contributed by atoms with Gasteiger partial charge in [0.05, 0.1) is 10.6 Å². The van der Waals surface area contributed by atoms with Crippen molar-refractivity contribution in [2.75, 3.05) is 0 Å². The molecule has 0 spiro atoms. The van der Waals surface area contributed by atoms with Crippen molar-refractivity contribution in [2.45, 2.75) is 6.43 Å². The number of hydrogen-bond donors (Lipinski definition) is 0. The minimum atomic E-state index is -2.80. The molecule has 0 N–H and O–H groups in total. The Kier molecular flexibility index (Phi) is 3.64. The maximum Gasteiger partial charge on any atom is 0.272 e. The molecule has 1 rings (SSSR count). The molecule has 2 nitrogen and oxygen atoms in total. The Morgan fingerprint density at radius 2 is 2.00 bits per heavy atom. The van der Waals surface area contributed by atoms with E-state index < -0.39 is 22.4 Å². The molecular formula is C7H2Cl3F2NO. The van der Waals surface area contributed by atoms with Crippen LogP contribution in [0.1, 0.15) is 22.5 Å². The molecule has 0 saturated heterocycles. The molecule has 0 atom stereocenters. The van der Waals surface area contributed by atoms with Crippen molar-refractivity contribution < 1.29 is 13.6 Å². The van der Waals surface area contributed by atoms with Crippen LogP contribution in [0.15, 0.2) is 6.07 Å². The Labute approximate surface area is 92.8 Å². The van der Waals surface area contributed by atoms with E-state index in [2.05, 4.69) is 4.98 Å². The van der Waals surface area contributed by atoms with Crippen LogP contribution in [0.2, 0.25) is 10.2 Å². The molecular weight excluding hydrogens is 258 g/mol. The van der Waals surface area contributed by atoms with Crippen molar-refractivity contribution in [1.29, 1.82) is 0 Å². The molecule has 0 aromatic carbocycles. The van der Waals surface area contributed by atoms with E-state index in [1.165, 1.54) is 0 Å². The number of carbonyl (C=O) groups is 1. The lowest BCUT2D eigenvalue weighted by molar-refractivity contribution is 0.107. The zero-order chi connectivity index (χ0) is 10.9. The zero-order valence-electron chi connectivity index (χ0n) is 6.40. The molecule has 1 aromatic heterocycles. The van der Waals surface area contributed by atoms with Gasteiger partial charge in [-0.15, -0.1) is 0 Å². The lowest BCUT2D eigenvalue weighted by Gasteiger charge is -2.04. The van der Waals surface area contributed by atoms with Crippen LogP contribution in [0.4, 0.5) is 8.78 Å². The fourth-order valence-electron chi connectivity index (χ4n) is 0.771. The van der Waals surface area contributed by atoms with E-state index in [9.17, 15) is 13.6 Å². The first-order valence-corrected chi connectivity index (χ1v) is 4.40. The zero-order valence-corrected chi connectivity index (χ0v) is 8.67. The Balaban J connectivity index is 3.31. The number of pyridine rings is 1. The van der Waals surface area contributed by atoms with Gasteiger partial charge in [0.1, 0.15) is 10.8 Å². The first-order chi connectivity index (χ1) is 6.43. The van der Waals surface area contributed by atoms with Crippen molar-refractivity contribution in [3.05, 3.63) is 27.5 Å². The fraction of sp³-hybridized carbons (Fsp3) is 0.143. The van der Waals surface area contributed by atoms with E-state index in [1.807, 2.05) is 0 Å². The molecule has 0 saturated carbocycles. The average molecular weight is 260 g/mol. The number of carbonyl (C=O) groups excluding carboxylic acids is 1. The van der Waals surface area contributed by atoms with Crippen molar-refractivity contribution in [2.24, 2.45) is 0 Å². The third-order valence-corrected chi connectivity index (χ3v) is 2.15. The summed E-state index contributed by atoms with van der Waals surface area (Å²) in [5, 5.41) is -1.67. The van der Waals surface area contributed by atoms with Crippen LogP contribution in [-0.4, -0.2) is 10.2 Å². The topological polar surface area (TPSA) is 30.0 Å². The second kappa shape index (κ2) is 4.38. The average Bonchev–Trinajstić information content (AvgIpc) is 2.07. The van der Waals surface area contributed by atoms with E-state index in [1.54, 1.807) is 0 Å². The lowest BCUT2D eigenvalue weighted by Crippen LogP contribution is -1.99. The molecule has 0 fully saturated rings. The third-order valence-electron chi connectivity index (χ3n) is 1.38. The van der Waals surface area contributed by atoms with Crippen LogP contribution < -0.4 is 0 Å². The van der Waals surface area contributed by atoms with E-state index in [-0.39, 0.29) is 10.7 Å². The Hall–Kier alpha value is -0.450. The van der Waals surface area contributed by atoms with Crippen LogP contribution in [0.25, 0.3) is 0 Å². The van der Waals surface area contributed by atoms with Crippen molar-refractivity contribution >= 4 is 40.0 Å². The number of aromatic nitrogens is 1. The summed E-state index contributed by atoms with van der Waals surface area (Å²) in [6, 6.07) is 0.872. The molecule has 0 aliphatic heterocycles. The summed E-state index contributed by atoms with van der Waals surface area (Å²) in [7, 11) is 0. The standard InChI is InChI=1S/C7H2Cl3F2NO/c8-3-1-2(7(11)12)5(9)13-4(3)6(10)14/h1,7H. The van der Waals surface area contributed by atoms with Gasteiger partial charge in [-0.05, 0) is 17.7 Å². The van der Waals surface area contributed by atoms with Crippen LogP contribution >= 0.6 is 34.8 Å². The molecule has 0 bridgehead atoms. The predicted molar refractivity (Wildman–Crippen MR) is 49.4 cm³/mol. The molecule has 0 unspecified atom stereocenters. The Morgan fingerprint density at radius 3 is 2.43 bits per heavy atom. The number of halogens is 5. The first kappa shape index (κ1) is 11.6. The van der Waals surface area contributed by atoms with Gasteiger partial charge in [-0.25, -0.2) is 13.8 Å². The highest BCUT2D eigenvalue weighted by Gasteiger charge is 2.18. The lowest BCUT2D eigenvalue weighted by atomic mass is 10.2. The van der Waals surface area contributed by atoms with Gasteiger partial charge in [0.15, 0.2) is 0 Å². The fourth-order valence-corrected chi connectivity index (χ4v) is 1.43. The summed E-state index contributed by atoms with van der Waals surface area (Å²) in [4.78, 5) is 14.0. The summed E-state index contributed by atoms with van der Waals surface area (Å²) in [5.41, 5.74) is -0.860. The molecule has 0 aliphatic carbocycles. The second-order valence-corrected chi connectivity index (χ2v) is 3.38. The molecule has 1 heterocycles. The van der Waals surface area contributed by atoms with Crippen LogP contribution in [0, 0.1) is 0 Å². The molecule has 0 radical (unpaired) electrons. The third kappa shape index (κ3) is 2.32. The maximum absolute atomic E-state index is 12.2. The van der Waals surface area contributed by atoms with Gasteiger partial charge in [-0.2, -0.15) is 0 Å². The Bertz CT molecular complexity index is 383. The van der Waals surface area contributed by atoms with Gasteiger partial charge in [0.25, 0.3) is 11.7 Å². The summed E-state index contributed by atoms with van der Waals surface area (Å²) >= 11 is 15.9. The van der Waals surface area contributed by atoms with E-state index in [4.69, 9.17) is 34.8 Å². The minimum Gasteiger partial charge on any atom is -0.274 e. The number of alkyl halides is 2. The Morgan fingerprint density at radius 1 is 1.43 bits per heavy atom. The molecule has 7 heteroatoms. The van der Waals surface area contributed by atoms with Crippen molar-refractivity contribution in [3.63, 3.8) is 0 Å². The second-order valence-electron chi connectivity index (χ2n) is 2.27. The number of rotatable bonds is 2. The molecule has 0 amide bonds. The largest absolute Gasteiger partial charge is 0.274 e. The molecule has 76 valence electrons. The van der Waals surface area contributed by atoms with Gasteiger partial charge >= 0.3 is 0 Å². The van der Waals surface area contributed by atoms with Crippen LogP contribution in [0.5, 0.6) is 0 Å². The molecule has 1 aromatic rings. The molecule has 0 aliphatic rings. The highest BCUT2D eigenvalue weighted by Crippen LogP contribution is 2.30. The monoisotopic (exact) mass is 259 g/mol. The van der Waals surface area contributed by atoms with Gasteiger partial charge in [0, 0.05) is 0 Å². The smallest absolute Gasteiger partial charge is 0.272 e. The predicted octanol–water partition coefficient (Wildman–Crippen LogP) is 3.71. The van der Waals surface area contributed by atoms with E-state index in [0.29, 0.717) is 0 Å². The number of hydrogen-bond acceptors (Lipinski definition) is 2. The number of nitrogens with zero attached hydrogens (tertiary/aromatic N) is 1. The van der Waals surface area contributed by atoms with Crippen LogP contribution in [-0.2, 0) is 0 Å². The quantitative estimate of drug-likeness (QED) is 0.599. The minimum absolute atomic E-state index is 0.246. The first-order valence-electron chi connectivity index (χ1n) is 3.27. The highest BCUT2D eigenvalue weighted by molar-refractivity contribution is 6.68. The molecule has 14 heavy (non-hydrogen) atoms. The van der Waals surface area contributed by atoms with Gasteiger partial charge < -0.3 is 0 Å². The van der Waals surface area contributed by atoms with Gasteiger partial charge in [0.2, 0.25) is 0 Å². The van der Waals surface area contributed by atoms with Gasteiger partial charge in [-0.1, -0.05) is 23.2 Å².